The van der Waals surface area contributed by atoms with Gasteiger partial charge in [0.2, 0.25) is 17.6 Å². The molecule has 9 heteroatoms. The summed E-state index contributed by atoms with van der Waals surface area (Å²) in [5.41, 5.74) is 7.23. The standard InChI is InChI=1S/C57H39N3O6/c1-61-52-37(34-25-13-19-28-16-7-10-22-31(28)34)49-43-40-44-42-45-41(43)47(56(58-49)65-5)54(63-3)39(36-27-15-21-30-18-9-12-24-33(30)36)51(45)60-57(66-6)48(42)53(62-2)38(50(44)59-55(64-4)46(40)52)35-26-14-20-29-17-8-11-23-32(29)35/h7-27H,1-6H3. The Morgan fingerprint density at radius 3 is 0.818 bits per heavy atom. The van der Waals surface area contributed by atoms with Gasteiger partial charge in [0.15, 0.2) is 0 Å². The van der Waals surface area contributed by atoms with Gasteiger partial charge in [0.05, 0.1) is 92.1 Å². The summed E-state index contributed by atoms with van der Waals surface area (Å²) in [6, 6.07) is 44.0. The third-order valence-electron chi connectivity index (χ3n) is 13.7. The summed E-state index contributed by atoms with van der Waals surface area (Å²) >= 11 is 0. The molecule has 0 aliphatic carbocycles. The molecule has 0 saturated carbocycles. The van der Waals surface area contributed by atoms with Crippen LogP contribution in [0.15, 0.2) is 127 Å². The Morgan fingerprint density at radius 1 is 0.273 bits per heavy atom. The van der Waals surface area contributed by atoms with Crippen LogP contribution < -0.4 is 28.4 Å². The number of hydrogen-bond acceptors (Lipinski definition) is 9. The van der Waals surface area contributed by atoms with Gasteiger partial charge in [0.1, 0.15) is 17.2 Å². The molecule has 66 heavy (non-hydrogen) atoms. The fourth-order valence-corrected chi connectivity index (χ4v) is 11.2. The second-order valence-corrected chi connectivity index (χ2v) is 16.6. The van der Waals surface area contributed by atoms with Gasteiger partial charge in [0, 0.05) is 32.3 Å². The number of fused-ring (bicyclic) bond motifs is 3. The largest absolute Gasteiger partial charge is 0.495 e. The van der Waals surface area contributed by atoms with Crippen molar-refractivity contribution in [1.29, 1.82) is 0 Å². The molecule has 318 valence electrons. The fraction of sp³-hybridized carbons (Fsp3) is 0.105. The molecule has 0 aliphatic rings. The van der Waals surface area contributed by atoms with E-state index in [1.165, 1.54) is 0 Å². The van der Waals surface area contributed by atoms with E-state index in [2.05, 4.69) is 127 Å². The summed E-state index contributed by atoms with van der Waals surface area (Å²) in [5.74, 6) is 2.90. The quantitative estimate of drug-likeness (QED) is 0.104. The predicted octanol–water partition coefficient (Wildman–Crippen LogP) is 13.6. The van der Waals surface area contributed by atoms with Crippen LogP contribution in [0.5, 0.6) is 34.9 Å². The summed E-state index contributed by atoms with van der Waals surface area (Å²) in [4.78, 5) is 16.7. The SMILES string of the molecule is COc1nc2c(-c3cccc4ccccc34)c(OC)c3c(OC)nc4c(-c5cccc6ccccc56)c(OC)c5c(OC)nc6c(-c7cccc8ccccc78)c(OC)c1c1c6c5c4c3c21. The number of ether oxygens (including phenoxy) is 6. The molecule has 0 radical (unpaired) electrons. The molecule has 0 spiro atoms. The molecule has 0 fully saturated rings. The van der Waals surface area contributed by atoms with Crippen LogP contribution >= 0.6 is 0 Å². The summed E-state index contributed by atoms with van der Waals surface area (Å²) < 4.78 is 39.3. The molecule has 10 aromatic carbocycles. The number of methoxy groups -OCH3 is 6. The van der Waals surface area contributed by atoms with E-state index in [4.69, 9.17) is 43.4 Å². The highest BCUT2D eigenvalue weighted by molar-refractivity contribution is 6.49. The zero-order valence-corrected chi connectivity index (χ0v) is 36.9. The van der Waals surface area contributed by atoms with Gasteiger partial charge in [-0.1, -0.05) is 127 Å². The first-order valence-corrected chi connectivity index (χ1v) is 21.7. The summed E-state index contributed by atoms with van der Waals surface area (Å²) in [6.07, 6.45) is 0. The maximum absolute atomic E-state index is 6.65. The van der Waals surface area contributed by atoms with Gasteiger partial charge < -0.3 is 28.4 Å². The van der Waals surface area contributed by atoms with Crippen LogP contribution in [0.1, 0.15) is 0 Å². The predicted molar refractivity (Wildman–Crippen MR) is 267 cm³/mol. The van der Waals surface area contributed by atoms with E-state index >= 15 is 0 Å². The summed E-state index contributed by atoms with van der Waals surface area (Å²) in [5, 5.41) is 13.7. The van der Waals surface area contributed by atoms with Gasteiger partial charge in [-0.05, 0) is 49.0 Å². The second-order valence-electron chi connectivity index (χ2n) is 16.6. The molecule has 13 aromatic rings. The van der Waals surface area contributed by atoms with Crippen molar-refractivity contribution in [3.63, 3.8) is 0 Å². The van der Waals surface area contributed by atoms with Crippen LogP contribution in [0.4, 0.5) is 0 Å². The lowest BCUT2D eigenvalue weighted by atomic mass is 9.80. The molecule has 0 N–H and O–H groups in total. The lowest BCUT2D eigenvalue weighted by Gasteiger charge is -2.29. The third kappa shape index (κ3) is 4.75. The number of rotatable bonds is 9. The molecule has 13 rings (SSSR count). The summed E-state index contributed by atoms with van der Waals surface area (Å²) in [6.45, 7) is 0. The van der Waals surface area contributed by atoms with Crippen LogP contribution in [0.25, 0.3) is 131 Å². The van der Waals surface area contributed by atoms with E-state index in [1.807, 2.05) is 0 Å². The fourth-order valence-electron chi connectivity index (χ4n) is 11.2. The lowest BCUT2D eigenvalue weighted by Crippen LogP contribution is -2.07. The Hall–Kier alpha value is -8.43. The maximum atomic E-state index is 6.65. The van der Waals surface area contributed by atoms with Gasteiger partial charge in [0.25, 0.3) is 0 Å². The number of aromatic nitrogens is 3. The van der Waals surface area contributed by atoms with Crippen molar-refractivity contribution in [2.45, 2.75) is 0 Å². The number of hydrogen-bond donors (Lipinski definition) is 0. The van der Waals surface area contributed by atoms with Crippen molar-refractivity contribution < 1.29 is 28.4 Å². The monoisotopic (exact) mass is 861 g/mol. The zero-order valence-electron chi connectivity index (χ0n) is 36.9. The van der Waals surface area contributed by atoms with Gasteiger partial charge >= 0.3 is 0 Å². The van der Waals surface area contributed by atoms with Crippen molar-refractivity contribution in [3.8, 4) is 68.3 Å². The first-order valence-electron chi connectivity index (χ1n) is 21.7. The highest BCUT2D eigenvalue weighted by atomic mass is 16.5. The molecule has 3 heterocycles. The van der Waals surface area contributed by atoms with E-state index in [-0.39, 0.29) is 0 Å². The molecule has 0 saturated heterocycles. The van der Waals surface area contributed by atoms with E-state index in [0.29, 0.717) is 67.6 Å². The smallest absolute Gasteiger partial charge is 0.225 e. The molecule has 0 bridgehead atoms. The van der Waals surface area contributed by atoms with Crippen LogP contribution in [0.3, 0.4) is 0 Å². The van der Waals surface area contributed by atoms with Crippen LogP contribution in [-0.2, 0) is 0 Å². The van der Waals surface area contributed by atoms with Gasteiger partial charge in [-0.15, -0.1) is 0 Å². The van der Waals surface area contributed by atoms with Gasteiger partial charge in [-0.3, -0.25) is 0 Å². The van der Waals surface area contributed by atoms with E-state index in [1.54, 1.807) is 42.7 Å². The van der Waals surface area contributed by atoms with Crippen molar-refractivity contribution in [2.24, 2.45) is 0 Å². The molecule has 0 atom stereocenters. The minimum Gasteiger partial charge on any atom is -0.495 e. The third-order valence-corrected chi connectivity index (χ3v) is 13.7. The zero-order chi connectivity index (χ0) is 44.5. The highest BCUT2D eigenvalue weighted by Crippen LogP contribution is 2.62. The Labute approximate surface area is 377 Å². The van der Waals surface area contributed by atoms with Gasteiger partial charge in [-0.2, -0.15) is 0 Å². The first kappa shape index (κ1) is 38.1. The molecule has 9 nitrogen and oxygen atoms in total. The molecule has 3 aromatic heterocycles. The molecule has 0 aliphatic heterocycles. The van der Waals surface area contributed by atoms with Crippen molar-refractivity contribution in [1.82, 2.24) is 15.0 Å². The number of benzene rings is 10. The molecular formula is C57H39N3O6. The molecule has 0 amide bonds. The number of pyridine rings is 3. The second kappa shape index (κ2) is 14.0. The average molecular weight is 862 g/mol. The van der Waals surface area contributed by atoms with Crippen LogP contribution in [0.2, 0.25) is 0 Å². The van der Waals surface area contributed by atoms with E-state index in [0.717, 1.165) is 98.0 Å². The Bertz CT molecular complexity index is 3680. The van der Waals surface area contributed by atoms with Crippen molar-refractivity contribution in [3.05, 3.63) is 127 Å². The molecule has 0 unspecified atom stereocenters. The van der Waals surface area contributed by atoms with E-state index in [9.17, 15) is 0 Å². The normalized spacial score (nSPS) is 12.1. The lowest BCUT2D eigenvalue weighted by molar-refractivity contribution is 0.394. The minimum absolute atomic E-state index is 0.393. The topological polar surface area (TPSA) is 94.1 Å². The minimum atomic E-state index is 0.393. The number of nitrogens with zero attached hydrogens (tertiary/aromatic N) is 3. The maximum Gasteiger partial charge on any atom is 0.225 e. The first-order chi connectivity index (χ1) is 32.5. The van der Waals surface area contributed by atoms with Crippen LogP contribution in [-0.4, -0.2) is 57.6 Å². The molecular weight excluding hydrogens is 823 g/mol. The Balaban J connectivity index is 1.40. The average Bonchev–Trinajstić information content (AvgIpc) is 3.37. The van der Waals surface area contributed by atoms with Gasteiger partial charge in [-0.25, -0.2) is 15.0 Å². The van der Waals surface area contributed by atoms with Crippen molar-refractivity contribution in [2.75, 3.05) is 42.7 Å². The summed E-state index contributed by atoms with van der Waals surface area (Å²) in [7, 11) is 10.1. The van der Waals surface area contributed by atoms with E-state index < -0.39 is 0 Å². The Morgan fingerprint density at radius 2 is 0.545 bits per heavy atom. The van der Waals surface area contributed by atoms with Crippen LogP contribution in [0, 0.1) is 0 Å². The Kier molecular flexibility index (Phi) is 8.09. The highest BCUT2D eigenvalue weighted by Gasteiger charge is 2.37. The van der Waals surface area contributed by atoms with Crippen molar-refractivity contribution >= 4 is 97.3 Å².